The molecule has 1 aromatic rings. The molecule has 78 valence electrons. The van der Waals surface area contributed by atoms with Crippen LogP contribution in [0.2, 0.25) is 0 Å². The monoisotopic (exact) mass is 265 g/mol. The number of hydrogen-bond donors (Lipinski definition) is 2. The number of phenols is 1. The summed E-state index contributed by atoms with van der Waals surface area (Å²) in [6, 6.07) is 0.898. The molecule has 0 fully saturated rings. The van der Waals surface area contributed by atoms with Crippen molar-refractivity contribution < 1.29 is 13.9 Å². The SMILES string of the molecule is CC(C)(N)c1cc(F)c(F)c(Br)c1O. The molecule has 0 aliphatic heterocycles. The lowest BCUT2D eigenvalue weighted by Gasteiger charge is -2.21. The molecule has 0 atom stereocenters. The average molecular weight is 266 g/mol. The van der Waals surface area contributed by atoms with Gasteiger partial charge >= 0.3 is 0 Å². The summed E-state index contributed by atoms with van der Waals surface area (Å²) in [5.41, 5.74) is 4.90. The molecule has 3 N–H and O–H groups in total. The van der Waals surface area contributed by atoms with E-state index in [9.17, 15) is 13.9 Å². The molecule has 14 heavy (non-hydrogen) atoms. The molecule has 1 rings (SSSR count). The van der Waals surface area contributed by atoms with E-state index < -0.39 is 17.2 Å². The van der Waals surface area contributed by atoms with Crippen molar-refractivity contribution in [3.63, 3.8) is 0 Å². The van der Waals surface area contributed by atoms with Gasteiger partial charge in [0.15, 0.2) is 11.6 Å². The lowest BCUT2D eigenvalue weighted by Crippen LogP contribution is -2.29. The molecule has 0 heterocycles. The second-order valence-electron chi connectivity index (χ2n) is 3.60. The van der Waals surface area contributed by atoms with Gasteiger partial charge in [-0.1, -0.05) is 0 Å². The Labute approximate surface area is 88.9 Å². The molecule has 2 nitrogen and oxygen atoms in total. The number of halogens is 3. The van der Waals surface area contributed by atoms with Gasteiger partial charge in [0, 0.05) is 11.1 Å². The summed E-state index contributed by atoms with van der Waals surface area (Å²) in [6.07, 6.45) is 0. The van der Waals surface area contributed by atoms with Crippen molar-refractivity contribution in [2.24, 2.45) is 5.73 Å². The maximum atomic E-state index is 13.0. The standard InChI is InChI=1S/C9H10BrF2NO/c1-9(2,13)4-3-5(11)7(12)6(10)8(4)14/h3,14H,13H2,1-2H3. The van der Waals surface area contributed by atoms with E-state index in [2.05, 4.69) is 15.9 Å². The average Bonchev–Trinajstić information content (AvgIpc) is 2.06. The minimum absolute atomic E-state index is 0.156. The normalized spacial score (nSPS) is 11.9. The molecule has 0 aliphatic carbocycles. The van der Waals surface area contributed by atoms with Gasteiger partial charge in [0.25, 0.3) is 0 Å². The quantitative estimate of drug-likeness (QED) is 0.767. The summed E-state index contributed by atoms with van der Waals surface area (Å²) in [5.74, 6) is -2.52. The molecule has 0 radical (unpaired) electrons. The second-order valence-corrected chi connectivity index (χ2v) is 4.40. The van der Waals surface area contributed by atoms with Crippen LogP contribution in [0.25, 0.3) is 0 Å². The molecule has 0 aliphatic rings. The summed E-state index contributed by atoms with van der Waals surface area (Å²) in [5, 5.41) is 9.50. The predicted molar refractivity (Wildman–Crippen MR) is 52.9 cm³/mol. The van der Waals surface area contributed by atoms with Gasteiger partial charge in [-0.3, -0.25) is 0 Å². The Kier molecular flexibility index (Phi) is 2.83. The van der Waals surface area contributed by atoms with Gasteiger partial charge < -0.3 is 10.8 Å². The van der Waals surface area contributed by atoms with Gasteiger partial charge in [-0.25, -0.2) is 8.78 Å². The van der Waals surface area contributed by atoms with Crippen molar-refractivity contribution in [1.82, 2.24) is 0 Å². The molecule has 5 heteroatoms. The van der Waals surface area contributed by atoms with Crippen LogP contribution >= 0.6 is 15.9 Å². The Morgan fingerprint density at radius 2 is 1.93 bits per heavy atom. The van der Waals surface area contributed by atoms with Crippen molar-refractivity contribution >= 4 is 15.9 Å². The van der Waals surface area contributed by atoms with Crippen LogP contribution in [0.4, 0.5) is 8.78 Å². The molecule has 0 spiro atoms. The summed E-state index contributed by atoms with van der Waals surface area (Å²) >= 11 is 2.75. The van der Waals surface area contributed by atoms with Gasteiger partial charge in [0.2, 0.25) is 0 Å². The Hall–Kier alpha value is -0.680. The van der Waals surface area contributed by atoms with E-state index in [0.717, 1.165) is 6.07 Å². The molecule has 0 saturated carbocycles. The first-order valence-corrected chi connectivity index (χ1v) is 4.70. The Bertz CT molecular complexity index is 374. The number of nitrogens with two attached hydrogens (primary N) is 1. The molecule has 0 unspecified atom stereocenters. The highest BCUT2D eigenvalue weighted by molar-refractivity contribution is 9.10. The smallest absolute Gasteiger partial charge is 0.176 e. The van der Waals surface area contributed by atoms with Crippen molar-refractivity contribution in [2.45, 2.75) is 19.4 Å². The van der Waals surface area contributed by atoms with Crippen LogP contribution in [0.5, 0.6) is 5.75 Å². The van der Waals surface area contributed by atoms with Gasteiger partial charge in [-0.2, -0.15) is 0 Å². The molecular formula is C9H10BrF2NO. The van der Waals surface area contributed by atoms with Crippen molar-refractivity contribution in [3.8, 4) is 5.75 Å². The van der Waals surface area contributed by atoms with Crippen LogP contribution in [0.1, 0.15) is 19.4 Å². The van der Waals surface area contributed by atoms with E-state index in [1.807, 2.05) is 0 Å². The van der Waals surface area contributed by atoms with Crippen LogP contribution in [0.15, 0.2) is 10.5 Å². The Balaban J connectivity index is 3.49. The molecular weight excluding hydrogens is 256 g/mol. The first kappa shape index (κ1) is 11.4. The van der Waals surface area contributed by atoms with Crippen LogP contribution in [-0.2, 0) is 5.54 Å². The highest BCUT2D eigenvalue weighted by atomic mass is 79.9. The van der Waals surface area contributed by atoms with E-state index in [1.165, 1.54) is 0 Å². The summed E-state index contributed by atoms with van der Waals surface area (Å²) in [6.45, 7) is 3.18. The summed E-state index contributed by atoms with van der Waals surface area (Å²) < 4.78 is 25.6. The Morgan fingerprint density at radius 1 is 1.43 bits per heavy atom. The third-order valence-corrected chi connectivity index (χ3v) is 2.55. The molecule has 0 amide bonds. The minimum Gasteiger partial charge on any atom is -0.506 e. The largest absolute Gasteiger partial charge is 0.506 e. The zero-order valence-electron chi connectivity index (χ0n) is 7.74. The number of phenolic OH excluding ortho intramolecular Hbond substituents is 1. The first-order chi connectivity index (χ1) is 6.25. The van der Waals surface area contributed by atoms with Crippen molar-refractivity contribution in [1.29, 1.82) is 0 Å². The van der Waals surface area contributed by atoms with Crippen LogP contribution < -0.4 is 5.73 Å². The highest BCUT2D eigenvalue weighted by Gasteiger charge is 2.24. The van der Waals surface area contributed by atoms with Gasteiger partial charge in [-0.05, 0) is 35.8 Å². The number of hydrogen-bond acceptors (Lipinski definition) is 2. The fourth-order valence-electron chi connectivity index (χ4n) is 1.08. The zero-order chi connectivity index (χ0) is 11.1. The molecule has 1 aromatic carbocycles. The highest BCUT2D eigenvalue weighted by Crippen LogP contribution is 2.36. The van der Waals surface area contributed by atoms with Crippen molar-refractivity contribution in [3.05, 3.63) is 27.7 Å². The van der Waals surface area contributed by atoms with Gasteiger partial charge in [0.05, 0.1) is 4.47 Å². The molecule has 0 bridgehead atoms. The maximum absolute atomic E-state index is 13.0. The topological polar surface area (TPSA) is 46.2 Å². The first-order valence-electron chi connectivity index (χ1n) is 3.91. The van der Waals surface area contributed by atoms with E-state index in [4.69, 9.17) is 5.73 Å². The summed E-state index contributed by atoms with van der Waals surface area (Å²) in [4.78, 5) is 0. The predicted octanol–water partition coefficient (Wildman–Crippen LogP) is 2.63. The number of benzene rings is 1. The number of aromatic hydroxyl groups is 1. The Morgan fingerprint density at radius 3 is 2.36 bits per heavy atom. The summed E-state index contributed by atoms with van der Waals surface area (Å²) in [7, 11) is 0. The number of rotatable bonds is 1. The molecule has 0 aromatic heterocycles. The van der Waals surface area contributed by atoms with E-state index in [-0.39, 0.29) is 15.8 Å². The van der Waals surface area contributed by atoms with E-state index in [1.54, 1.807) is 13.8 Å². The zero-order valence-corrected chi connectivity index (χ0v) is 9.32. The molecule has 0 saturated heterocycles. The van der Waals surface area contributed by atoms with E-state index >= 15 is 0 Å². The van der Waals surface area contributed by atoms with Crippen LogP contribution in [0.3, 0.4) is 0 Å². The van der Waals surface area contributed by atoms with Gasteiger partial charge in [0.1, 0.15) is 5.75 Å². The van der Waals surface area contributed by atoms with Crippen molar-refractivity contribution in [2.75, 3.05) is 0 Å². The van der Waals surface area contributed by atoms with Crippen LogP contribution in [0, 0.1) is 11.6 Å². The minimum atomic E-state index is -1.12. The van der Waals surface area contributed by atoms with Crippen LogP contribution in [-0.4, -0.2) is 5.11 Å². The fourth-order valence-corrected chi connectivity index (χ4v) is 1.48. The third kappa shape index (κ3) is 1.88. The lowest BCUT2D eigenvalue weighted by atomic mass is 9.94. The van der Waals surface area contributed by atoms with Gasteiger partial charge in [-0.15, -0.1) is 0 Å². The lowest BCUT2D eigenvalue weighted by molar-refractivity contribution is 0.417. The fraction of sp³-hybridized carbons (Fsp3) is 0.333. The maximum Gasteiger partial charge on any atom is 0.176 e. The third-order valence-electron chi connectivity index (χ3n) is 1.83. The second kappa shape index (κ2) is 3.47. The van der Waals surface area contributed by atoms with E-state index in [0.29, 0.717) is 0 Å².